The Morgan fingerprint density at radius 3 is 2.79 bits per heavy atom. The maximum absolute atomic E-state index is 13.5. The van der Waals surface area contributed by atoms with Crippen LogP contribution < -0.4 is 15.0 Å². The van der Waals surface area contributed by atoms with Crippen molar-refractivity contribution in [3.05, 3.63) is 86.1 Å². The van der Waals surface area contributed by atoms with E-state index in [2.05, 4.69) is 26.0 Å². The molecule has 1 N–H and O–H groups in total. The normalized spacial score (nSPS) is 11.4. The number of fused-ring (bicyclic) bond motifs is 2. The van der Waals surface area contributed by atoms with E-state index in [-0.39, 0.29) is 27.9 Å². The van der Waals surface area contributed by atoms with Crippen LogP contribution >= 0.6 is 27.5 Å². The number of aliphatic carboxylic acids is 1. The van der Waals surface area contributed by atoms with E-state index in [0.717, 1.165) is 14.5 Å². The summed E-state index contributed by atoms with van der Waals surface area (Å²) < 4.78 is 19.0. The molecule has 0 saturated heterocycles. The topological polar surface area (TPSA) is 116 Å². The molecule has 0 aliphatic heterocycles. The Morgan fingerprint density at radius 1 is 1.18 bits per heavy atom. The van der Waals surface area contributed by atoms with Gasteiger partial charge in [0.15, 0.2) is 23.9 Å². The average molecular weight is 597 g/mol. The van der Waals surface area contributed by atoms with E-state index in [4.69, 9.17) is 30.6 Å². The van der Waals surface area contributed by atoms with Gasteiger partial charge >= 0.3 is 5.97 Å². The number of halogens is 2. The second-order valence-corrected chi connectivity index (χ2v) is 9.38. The summed E-state index contributed by atoms with van der Waals surface area (Å²) in [6, 6.07) is 17.5. The van der Waals surface area contributed by atoms with Gasteiger partial charge in [0.25, 0.3) is 5.56 Å². The number of furan rings is 1. The monoisotopic (exact) mass is 595 g/mol. The lowest BCUT2D eigenvalue weighted by Crippen LogP contribution is -2.20. The average Bonchev–Trinajstić information content (AvgIpc) is 3.30. The number of carboxylic acid groups (broad SMARTS) is 1. The molecule has 0 aliphatic carbocycles. The smallest absolute Gasteiger partial charge is 0.341 e. The van der Waals surface area contributed by atoms with E-state index in [1.807, 2.05) is 18.2 Å². The Hall–Kier alpha value is -4.15. The highest BCUT2D eigenvalue weighted by Gasteiger charge is 2.17. The first-order valence-electron chi connectivity index (χ1n) is 11.4. The Bertz CT molecular complexity index is 1780. The Balaban J connectivity index is 1.63. The molecule has 0 aliphatic rings. The first-order chi connectivity index (χ1) is 18.3. The fourth-order valence-corrected chi connectivity index (χ4v) is 4.49. The number of para-hydroxylation sites is 1. The summed E-state index contributed by atoms with van der Waals surface area (Å²) in [5, 5.41) is 14.7. The minimum absolute atomic E-state index is 0.103. The molecule has 0 spiro atoms. The minimum Gasteiger partial charge on any atom is -0.490 e. The number of nitrogens with zero attached hydrogens (tertiary/aromatic N) is 3. The van der Waals surface area contributed by atoms with Crippen LogP contribution in [0.5, 0.6) is 11.5 Å². The molecule has 0 saturated carbocycles. The molecule has 2 heterocycles. The second-order valence-electron chi connectivity index (χ2n) is 8.05. The van der Waals surface area contributed by atoms with E-state index < -0.39 is 12.6 Å². The second kappa shape index (κ2) is 10.7. The number of hydrogen-bond donors (Lipinski definition) is 1. The Labute approximate surface area is 229 Å². The fraction of sp³-hybridized carbons (Fsp3) is 0.111. The number of rotatable bonds is 8. The van der Waals surface area contributed by atoms with E-state index in [1.165, 1.54) is 12.3 Å². The van der Waals surface area contributed by atoms with E-state index >= 15 is 0 Å². The van der Waals surface area contributed by atoms with Crippen LogP contribution in [0.1, 0.15) is 12.5 Å². The predicted octanol–water partition coefficient (Wildman–Crippen LogP) is 5.97. The maximum atomic E-state index is 13.5. The third-order valence-corrected chi connectivity index (χ3v) is 6.22. The molecule has 0 radical (unpaired) electrons. The van der Waals surface area contributed by atoms with Crippen LogP contribution in [-0.4, -0.2) is 40.2 Å². The van der Waals surface area contributed by atoms with E-state index in [1.54, 1.807) is 43.3 Å². The lowest BCUT2D eigenvalue weighted by atomic mass is 10.2. The predicted molar refractivity (Wildman–Crippen MR) is 148 cm³/mol. The molecule has 192 valence electrons. The van der Waals surface area contributed by atoms with Gasteiger partial charge in [-0.1, -0.05) is 39.7 Å². The number of carboxylic acids is 1. The quantitative estimate of drug-likeness (QED) is 0.219. The van der Waals surface area contributed by atoms with Gasteiger partial charge in [-0.05, 0) is 61.0 Å². The lowest BCUT2D eigenvalue weighted by Gasteiger charge is -2.13. The number of benzene rings is 3. The SMILES string of the molecule is CCOc1cc(C=Nn2c(-c3cc4cc(Br)ccc4o3)nc3ccccc3c2=O)cc(Cl)c1OCC(=O)O. The Kier molecular flexibility index (Phi) is 7.17. The van der Waals surface area contributed by atoms with Crippen molar-refractivity contribution in [3.63, 3.8) is 0 Å². The maximum Gasteiger partial charge on any atom is 0.341 e. The van der Waals surface area contributed by atoms with Crippen LogP contribution in [0.4, 0.5) is 0 Å². The van der Waals surface area contributed by atoms with Gasteiger partial charge in [-0.25, -0.2) is 9.78 Å². The van der Waals surface area contributed by atoms with E-state index in [9.17, 15) is 9.59 Å². The molecule has 0 fully saturated rings. The zero-order chi connectivity index (χ0) is 26.8. The van der Waals surface area contributed by atoms with Crippen molar-refractivity contribution in [1.29, 1.82) is 0 Å². The van der Waals surface area contributed by atoms with Gasteiger partial charge in [-0.15, -0.1) is 0 Å². The van der Waals surface area contributed by atoms with Gasteiger partial charge in [0, 0.05) is 9.86 Å². The first-order valence-corrected chi connectivity index (χ1v) is 12.6. The largest absolute Gasteiger partial charge is 0.490 e. The Morgan fingerprint density at radius 2 is 2.00 bits per heavy atom. The molecule has 9 nitrogen and oxygen atoms in total. The zero-order valence-electron chi connectivity index (χ0n) is 19.9. The van der Waals surface area contributed by atoms with Gasteiger partial charge in [0.2, 0.25) is 5.82 Å². The van der Waals surface area contributed by atoms with Crippen LogP contribution in [0.3, 0.4) is 0 Å². The molecule has 38 heavy (non-hydrogen) atoms. The molecule has 0 bridgehead atoms. The molecule has 5 aromatic rings. The molecular formula is C27H19BrClN3O6. The van der Waals surface area contributed by atoms with Crippen LogP contribution in [0, 0.1) is 0 Å². The van der Waals surface area contributed by atoms with Crippen molar-refractivity contribution in [2.45, 2.75) is 6.92 Å². The molecule has 5 rings (SSSR count). The van der Waals surface area contributed by atoms with Crippen LogP contribution in [0.2, 0.25) is 5.02 Å². The summed E-state index contributed by atoms with van der Waals surface area (Å²) in [5.41, 5.74) is 1.23. The van der Waals surface area contributed by atoms with E-state index in [0.29, 0.717) is 34.4 Å². The molecular weight excluding hydrogens is 578 g/mol. The van der Waals surface area contributed by atoms with Crippen molar-refractivity contribution in [2.24, 2.45) is 5.10 Å². The molecule has 0 atom stereocenters. The minimum atomic E-state index is -1.15. The number of ether oxygens (including phenoxy) is 2. The number of aromatic nitrogens is 2. The summed E-state index contributed by atoms with van der Waals surface area (Å²) in [6.07, 6.45) is 1.43. The van der Waals surface area contributed by atoms with Crippen LogP contribution in [0.25, 0.3) is 33.5 Å². The van der Waals surface area contributed by atoms with Crippen LogP contribution in [-0.2, 0) is 4.79 Å². The lowest BCUT2D eigenvalue weighted by molar-refractivity contribution is -0.139. The van der Waals surface area contributed by atoms with Gasteiger partial charge < -0.3 is 19.0 Å². The van der Waals surface area contributed by atoms with Gasteiger partial charge in [0.05, 0.1) is 28.7 Å². The summed E-state index contributed by atoms with van der Waals surface area (Å²) in [4.78, 5) is 29.1. The van der Waals surface area contributed by atoms with Crippen molar-refractivity contribution in [3.8, 4) is 23.1 Å². The highest BCUT2D eigenvalue weighted by molar-refractivity contribution is 9.10. The first kappa shape index (κ1) is 25.5. The van der Waals surface area contributed by atoms with Gasteiger partial charge in [-0.3, -0.25) is 4.79 Å². The molecule has 11 heteroatoms. The third-order valence-electron chi connectivity index (χ3n) is 5.45. The third kappa shape index (κ3) is 5.13. The number of carbonyl (C=O) groups is 1. The van der Waals surface area contributed by atoms with Crippen molar-refractivity contribution >= 4 is 61.6 Å². The number of hydrogen-bond acceptors (Lipinski definition) is 7. The molecule has 2 aromatic heterocycles. The standard InChI is InChI=1S/C27H19BrClN3O6/c1-2-36-22-10-15(9-19(29)25(22)37-14-24(33)34)13-30-32-26(31-20-6-4-3-5-18(20)27(32)35)23-12-16-11-17(28)7-8-21(16)38-23/h3-13H,2,14H2,1H3,(H,33,34). The summed E-state index contributed by atoms with van der Waals surface area (Å²) >= 11 is 9.83. The molecule has 0 amide bonds. The molecule has 0 unspecified atom stereocenters. The zero-order valence-corrected chi connectivity index (χ0v) is 22.2. The van der Waals surface area contributed by atoms with Crippen molar-refractivity contribution < 1.29 is 23.8 Å². The van der Waals surface area contributed by atoms with Crippen molar-refractivity contribution in [1.82, 2.24) is 9.66 Å². The summed E-state index contributed by atoms with van der Waals surface area (Å²) in [6.45, 7) is 1.48. The highest BCUT2D eigenvalue weighted by atomic mass is 79.9. The highest BCUT2D eigenvalue weighted by Crippen LogP contribution is 2.36. The fourth-order valence-electron chi connectivity index (χ4n) is 3.84. The summed E-state index contributed by atoms with van der Waals surface area (Å²) in [5.74, 6) is -0.220. The van der Waals surface area contributed by atoms with Gasteiger partial charge in [0.1, 0.15) is 5.58 Å². The summed E-state index contributed by atoms with van der Waals surface area (Å²) in [7, 11) is 0. The van der Waals surface area contributed by atoms with Gasteiger partial charge in [-0.2, -0.15) is 9.78 Å². The molecule has 3 aromatic carbocycles. The van der Waals surface area contributed by atoms with Crippen molar-refractivity contribution in [2.75, 3.05) is 13.2 Å². The van der Waals surface area contributed by atoms with Crippen LogP contribution in [0.15, 0.2) is 79.4 Å².